The van der Waals surface area contributed by atoms with E-state index in [1.54, 1.807) is 0 Å². The summed E-state index contributed by atoms with van der Waals surface area (Å²) in [7, 11) is 0. The lowest BCUT2D eigenvalue weighted by Gasteiger charge is -2.19. The summed E-state index contributed by atoms with van der Waals surface area (Å²) in [6, 6.07) is -0.567. The van der Waals surface area contributed by atoms with Gasteiger partial charge in [-0.15, -0.1) is 0 Å². The minimum Gasteiger partial charge on any atom is -0.391 e. The fourth-order valence-electron chi connectivity index (χ4n) is 2.06. The van der Waals surface area contributed by atoms with Gasteiger partial charge in [0.05, 0.1) is 22.8 Å². The fraction of sp³-hybridized carbons (Fsp3) is 0.667. The van der Waals surface area contributed by atoms with E-state index in [1.165, 1.54) is 0 Å². The number of hydrogen-bond acceptors (Lipinski definition) is 2. The Kier molecular flexibility index (Phi) is 3.00. The molecule has 0 bridgehead atoms. The number of rotatable bonds is 1. The largest absolute Gasteiger partial charge is 0.434 e. The second-order valence-electron chi connectivity index (χ2n) is 3.85. The zero-order valence-electron chi connectivity index (χ0n) is 8.21. The first-order chi connectivity index (χ1) is 7.41. The lowest BCUT2D eigenvalue weighted by molar-refractivity contribution is -0.146. The molecule has 16 heavy (non-hydrogen) atoms. The lowest BCUT2D eigenvalue weighted by atomic mass is 10.2. The van der Waals surface area contributed by atoms with Gasteiger partial charge in [0.2, 0.25) is 0 Å². The zero-order valence-corrected chi connectivity index (χ0v) is 9.79. The quantitative estimate of drug-likeness (QED) is 0.866. The summed E-state index contributed by atoms with van der Waals surface area (Å²) in [5, 5.41) is 13.3. The molecule has 0 radical (unpaired) electrons. The van der Waals surface area contributed by atoms with Crippen LogP contribution in [0.4, 0.5) is 13.2 Å². The molecule has 1 heterocycles. The van der Waals surface area contributed by atoms with Crippen LogP contribution >= 0.6 is 15.9 Å². The van der Waals surface area contributed by atoms with E-state index in [4.69, 9.17) is 0 Å². The minimum absolute atomic E-state index is 0.0842. The van der Waals surface area contributed by atoms with Crippen LogP contribution in [0, 0.1) is 0 Å². The average molecular weight is 299 g/mol. The second kappa shape index (κ2) is 4.03. The molecule has 1 fully saturated rings. The summed E-state index contributed by atoms with van der Waals surface area (Å²) in [6.07, 6.45) is -2.31. The number of aliphatic hydroxyl groups is 1. The predicted molar refractivity (Wildman–Crippen MR) is 53.8 cm³/mol. The molecule has 1 aliphatic carbocycles. The molecule has 1 N–H and O–H groups in total. The Bertz CT molecular complexity index is 391. The Hall–Kier alpha value is -0.560. The van der Waals surface area contributed by atoms with E-state index in [0.29, 0.717) is 12.8 Å². The Morgan fingerprint density at radius 3 is 2.62 bits per heavy atom. The van der Waals surface area contributed by atoms with E-state index in [2.05, 4.69) is 21.0 Å². The molecule has 1 aromatic rings. The van der Waals surface area contributed by atoms with E-state index < -0.39 is 24.0 Å². The SMILES string of the molecule is OC1CCCC1n1ncc(Br)c1C(F)(F)F. The highest BCUT2D eigenvalue weighted by atomic mass is 79.9. The van der Waals surface area contributed by atoms with Gasteiger partial charge in [0.1, 0.15) is 0 Å². The molecule has 0 amide bonds. The fourth-order valence-corrected chi connectivity index (χ4v) is 2.56. The number of halogens is 4. The number of hydrogen-bond donors (Lipinski definition) is 1. The molecular weight excluding hydrogens is 289 g/mol. The molecule has 2 atom stereocenters. The maximum atomic E-state index is 12.8. The molecular formula is C9H10BrF3N2O. The van der Waals surface area contributed by atoms with Crippen molar-refractivity contribution < 1.29 is 18.3 Å². The summed E-state index contributed by atoms with van der Waals surface area (Å²) < 4.78 is 39.1. The predicted octanol–water partition coefficient (Wildman–Crippen LogP) is 2.75. The Morgan fingerprint density at radius 1 is 1.44 bits per heavy atom. The van der Waals surface area contributed by atoms with Crippen molar-refractivity contribution in [1.82, 2.24) is 9.78 Å². The van der Waals surface area contributed by atoms with Crippen molar-refractivity contribution in [3.8, 4) is 0 Å². The third-order valence-electron chi connectivity index (χ3n) is 2.78. The third kappa shape index (κ3) is 1.98. The highest BCUT2D eigenvalue weighted by molar-refractivity contribution is 9.10. The molecule has 0 spiro atoms. The summed E-state index contributed by atoms with van der Waals surface area (Å²) >= 11 is 2.83. The summed E-state index contributed by atoms with van der Waals surface area (Å²) in [5.74, 6) is 0. The minimum atomic E-state index is -4.46. The number of aliphatic hydroxyl groups excluding tert-OH is 1. The van der Waals surface area contributed by atoms with Gasteiger partial charge < -0.3 is 5.11 Å². The number of aromatic nitrogens is 2. The highest BCUT2D eigenvalue weighted by Crippen LogP contribution is 2.39. The summed E-state index contributed by atoms with van der Waals surface area (Å²) in [5.41, 5.74) is -0.821. The van der Waals surface area contributed by atoms with Crippen molar-refractivity contribution in [2.75, 3.05) is 0 Å². The Labute approximate surface area is 98.4 Å². The first-order valence-electron chi connectivity index (χ1n) is 4.89. The highest BCUT2D eigenvalue weighted by Gasteiger charge is 2.41. The lowest BCUT2D eigenvalue weighted by Crippen LogP contribution is -2.24. The molecule has 0 aromatic carbocycles. The molecule has 2 rings (SSSR count). The topological polar surface area (TPSA) is 38.0 Å². The summed E-state index contributed by atoms with van der Waals surface area (Å²) in [4.78, 5) is 0. The normalized spacial score (nSPS) is 26.3. The van der Waals surface area contributed by atoms with Gasteiger partial charge >= 0.3 is 6.18 Å². The monoisotopic (exact) mass is 298 g/mol. The van der Waals surface area contributed by atoms with Gasteiger partial charge in [0.25, 0.3) is 0 Å². The molecule has 1 aliphatic rings. The molecule has 0 saturated heterocycles. The van der Waals surface area contributed by atoms with Gasteiger partial charge in [0, 0.05) is 0 Å². The second-order valence-corrected chi connectivity index (χ2v) is 4.70. The van der Waals surface area contributed by atoms with Crippen molar-refractivity contribution in [2.45, 2.75) is 37.6 Å². The molecule has 1 aromatic heterocycles. The van der Waals surface area contributed by atoms with Crippen molar-refractivity contribution in [3.63, 3.8) is 0 Å². The zero-order chi connectivity index (χ0) is 11.9. The van der Waals surface area contributed by atoms with E-state index in [0.717, 1.165) is 17.3 Å². The maximum absolute atomic E-state index is 12.8. The average Bonchev–Trinajstić information content (AvgIpc) is 2.69. The van der Waals surface area contributed by atoms with E-state index >= 15 is 0 Å². The molecule has 3 nitrogen and oxygen atoms in total. The van der Waals surface area contributed by atoms with E-state index in [9.17, 15) is 18.3 Å². The number of nitrogens with zero attached hydrogens (tertiary/aromatic N) is 2. The first-order valence-corrected chi connectivity index (χ1v) is 5.69. The Morgan fingerprint density at radius 2 is 2.12 bits per heavy atom. The van der Waals surface area contributed by atoms with Crippen LogP contribution in [0.2, 0.25) is 0 Å². The maximum Gasteiger partial charge on any atom is 0.434 e. The van der Waals surface area contributed by atoms with Crippen LogP contribution in [0.1, 0.15) is 31.0 Å². The van der Waals surface area contributed by atoms with Crippen molar-refractivity contribution >= 4 is 15.9 Å². The molecule has 1 saturated carbocycles. The van der Waals surface area contributed by atoms with Gasteiger partial charge in [-0.25, -0.2) is 0 Å². The molecule has 7 heteroatoms. The molecule has 90 valence electrons. The van der Waals surface area contributed by atoms with E-state index in [1.807, 2.05) is 0 Å². The van der Waals surface area contributed by atoms with Crippen LogP contribution in [0.5, 0.6) is 0 Å². The van der Waals surface area contributed by atoms with Crippen LogP contribution in [0.15, 0.2) is 10.7 Å². The third-order valence-corrected chi connectivity index (χ3v) is 3.36. The van der Waals surface area contributed by atoms with E-state index in [-0.39, 0.29) is 4.47 Å². The molecule has 2 unspecified atom stereocenters. The smallest absolute Gasteiger partial charge is 0.391 e. The van der Waals surface area contributed by atoms with Gasteiger partial charge in [-0.2, -0.15) is 18.3 Å². The van der Waals surface area contributed by atoms with Crippen molar-refractivity contribution in [1.29, 1.82) is 0 Å². The Balaban J connectivity index is 2.42. The van der Waals surface area contributed by atoms with Crippen LogP contribution in [-0.2, 0) is 6.18 Å². The summed E-state index contributed by atoms with van der Waals surface area (Å²) in [6.45, 7) is 0. The van der Waals surface area contributed by atoms with Crippen LogP contribution < -0.4 is 0 Å². The van der Waals surface area contributed by atoms with Gasteiger partial charge in [-0.1, -0.05) is 0 Å². The van der Waals surface area contributed by atoms with Gasteiger partial charge in [0.15, 0.2) is 5.69 Å². The van der Waals surface area contributed by atoms with Gasteiger partial charge in [-0.3, -0.25) is 4.68 Å². The first kappa shape index (κ1) is 11.9. The standard InChI is InChI=1S/C9H10BrF3N2O/c10-5-4-14-15(8(5)9(11,12)13)6-2-1-3-7(6)16/h4,6-7,16H,1-3H2. The van der Waals surface area contributed by atoms with Crippen LogP contribution in [-0.4, -0.2) is 21.0 Å². The number of alkyl halides is 3. The van der Waals surface area contributed by atoms with Crippen LogP contribution in [0.3, 0.4) is 0 Å². The van der Waals surface area contributed by atoms with Crippen molar-refractivity contribution in [2.24, 2.45) is 0 Å². The van der Waals surface area contributed by atoms with Crippen molar-refractivity contribution in [3.05, 3.63) is 16.4 Å². The molecule has 0 aliphatic heterocycles. The van der Waals surface area contributed by atoms with Gasteiger partial charge in [-0.05, 0) is 35.2 Å². The van der Waals surface area contributed by atoms with Crippen LogP contribution in [0.25, 0.3) is 0 Å².